The van der Waals surface area contributed by atoms with Crippen molar-refractivity contribution in [1.82, 2.24) is 0 Å². The lowest BCUT2D eigenvalue weighted by Gasteiger charge is -2.25. The number of benzene rings is 9. The van der Waals surface area contributed by atoms with Crippen molar-refractivity contribution in [3.8, 4) is 44.5 Å². The van der Waals surface area contributed by atoms with Crippen LogP contribution in [-0.2, 0) is 0 Å². The van der Waals surface area contributed by atoms with Gasteiger partial charge in [0.2, 0.25) is 0 Å². The van der Waals surface area contributed by atoms with E-state index in [1.54, 1.807) is 0 Å². The van der Waals surface area contributed by atoms with Crippen LogP contribution in [0.5, 0.6) is 0 Å². The van der Waals surface area contributed by atoms with Crippen LogP contribution >= 0.6 is 0 Å². The molecule has 0 bridgehead atoms. The maximum absolute atomic E-state index is 2.29. The largest absolute Gasteiger partial charge is 0.311 e. The average Bonchev–Trinajstić information content (AvgIpc) is 3.29. The molecule has 2 heteroatoms. The number of hydrogen-bond donors (Lipinski definition) is 0. The molecule has 2 nitrogen and oxygen atoms in total. The summed E-state index contributed by atoms with van der Waals surface area (Å²) in [4.78, 5) is 4.58. The zero-order chi connectivity index (χ0) is 37.5. The van der Waals surface area contributed by atoms with Gasteiger partial charge in [-0.1, -0.05) is 170 Å². The van der Waals surface area contributed by atoms with Crippen LogP contribution in [0.1, 0.15) is 0 Å². The molecule has 9 aromatic carbocycles. The molecule has 9 aromatic rings. The van der Waals surface area contributed by atoms with Crippen LogP contribution in [-0.4, -0.2) is 0 Å². The van der Waals surface area contributed by atoms with Crippen LogP contribution in [0.4, 0.5) is 34.1 Å². The summed E-state index contributed by atoms with van der Waals surface area (Å²) in [6.45, 7) is 0. The second-order valence-electron chi connectivity index (χ2n) is 13.8. The summed E-state index contributed by atoms with van der Waals surface area (Å²) in [6.07, 6.45) is 0. The standard InChI is InChI=1S/C54H40N2/c1-5-13-49(14-6-1)55(50-15-7-2-8-16-50)53-37-33-47(34-38-53)45-29-25-43(26-30-45)41-21-23-42(24-22-41)44-27-31-46(32-28-44)48-35-39-54(40-36-48)56(51-17-9-3-10-18-51)52-19-11-4-12-20-52/h1-40H. The Kier molecular flexibility index (Phi) is 9.75. The molecule has 0 aromatic heterocycles. The maximum atomic E-state index is 2.29. The van der Waals surface area contributed by atoms with Gasteiger partial charge in [-0.2, -0.15) is 0 Å². The first kappa shape index (κ1) is 34.4. The van der Waals surface area contributed by atoms with E-state index in [-0.39, 0.29) is 0 Å². The fourth-order valence-corrected chi connectivity index (χ4v) is 7.37. The summed E-state index contributed by atoms with van der Waals surface area (Å²) in [5, 5.41) is 0. The van der Waals surface area contributed by atoms with E-state index in [9.17, 15) is 0 Å². The van der Waals surface area contributed by atoms with Crippen molar-refractivity contribution in [3.05, 3.63) is 243 Å². The fourth-order valence-electron chi connectivity index (χ4n) is 7.37. The van der Waals surface area contributed by atoms with Gasteiger partial charge in [0, 0.05) is 34.1 Å². The molecule has 0 spiro atoms. The van der Waals surface area contributed by atoms with E-state index in [0.29, 0.717) is 0 Å². The van der Waals surface area contributed by atoms with Crippen molar-refractivity contribution < 1.29 is 0 Å². The van der Waals surface area contributed by atoms with Crippen molar-refractivity contribution in [2.75, 3.05) is 9.80 Å². The SMILES string of the molecule is c1ccc(N(c2ccccc2)c2ccc(-c3ccc(-c4ccc(-c5ccc(-c6ccc(N(c7ccccc7)c7ccccc7)cc6)cc5)cc4)cc3)cc2)cc1. The molecular weight excluding hydrogens is 677 g/mol. The van der Waals surface area contributed by atoms with Crippen LogP contribution in [0, 0.1) is 0 Å². The Morgan fingerprint density at radius 1 is 0.143 bits per heavy atom. The van der Waals surface area contributed by atoms with Crippen LogP contribution in [0.25, 0.3) is 44.5 Å². The Hall–Kier alpha value is -7.42. The normalized spacial score (nSPS) is 10.9. The van der Waals surface area contributed by atoms with E-state index in [1.807, 2.05) is 0 Å². The van der Waals surface area contributed by atoms with Gasteiger partial charge in [0.15, 0.2) is 0 Å². The van der Waals surface area contributed by atoms with E-state index < -0.39 is 0 Å². The predicted molar refractivity (Wildman–Crippen MR) is 238 cm³/mol. The van der Waals surface area contributed by atoms with Gasteiger partial charge in [-0.3, -0.25) is 0 Å². The molecule has 0 radical (unpaired) electrons. The third-order valence-corrected chi connectivity index (χ3v) is 10.3. The van der Waals surface area contributed by atoms with Crippen LogP contribution in [0.3, 0.4) is 0 Å². The number of para-hydroxylation sites is 4. The summed E-state index contributed by atoms with van der Waals surface area (Å²) in [6, 6.07) is 86.4. The molecule has 266 valence electrons. The molecule has 56 heavy (non-hydrogen) atoms. The van der Waals surface area contributed by atoms with Gasteiger partial charge in [-0.05, 0) is 117 Å². The minimum atomic E-state index is 1.13. The van der Waals surface area contributed by atoms with E-state index in [2.05, 4.69) is 252 Å². The van der Waals surface area contributed by atoms with Crippen molar-refractivity contribution in [2.45, 2.75) is 0 Å². The van der Waals surface area contributed by atoms with Gasteiger partial charge in [-0.25, -0.2) is 0 Å². The molecule has 0 aliphatic heterocycles. The third kappa shape index (κ3) is 7.37. The average molecular weight is 717 g/mol. The molecule has 0 fully saturated rings. The first-order chi connectivity index (χ1) is 27.8. The first-order valence-electron chi connectivity index (χ1n) is 19.1. The topological polar surface area (TPSA) is 6.48 Å². The zero-order valence-electron chi connectivity index (χ0n) is 31.0. The quantitative estimate of drug-likeness (QED) is 0.139. The van der Waals surface area contributed by atoms with Crippen molar-refractivity contribution in [2.24, 2.45) is 0 Å². The minimum absolute atomic E-state index is 1.13. The summed E-state index contributed by atoms with van der Waals surface area (Å²) in [5.41, 5.74) is 16.4. The Labute approximate surface area is 329 Å². The van der Waals surface area contributed by atoms with Gasteiger partial charge in [0.1, 0.15) is 0 Å². The molecule has 0 aliphatic rings. The Bertz CT molecular complexity index is 2340. The molecule has 0 unspecified atom stereocenters. The molecule has 9 rings (SSSR count). The second-order valence-corrected chi connectivity index (χ2v) is 13.8. The Morgan fingerprint density at radius 3 is 0.464 bits per heavy atom. The molecule has 0 heterocycles. The van der Waals surface area contributed by atoms with Gasteiger partial charge < -0.3 is 9.80 Å². The van der Waals surface area contributed by atoms with E-state index in [4.69, 9.17) is 0 Å². The lowest BCUT2D eigenvalue weighted by molar-refractivity contribution is 1.28. The van der Waals surface area contributed by atoms with Crippen LogP contribution < -0.4 is 9.80 Å². The lowest BCUT2D eigenvalue weighted by Crippen LogP contribution is -2.09. The highest BCUT2D eigenvalue weighted by molar-refractivity contribution is 5.81. The number of nitrogens with zero attached hydrogens (tertiary/aromatic N) is 2. The van der Waals surface area contributed by atoms with E-state index in [0.717, 1.165) is 34.1 Å². The van der Waals surface area contributed by atoms with Crippen molar-refractivity contribution >= 4 is 34.1 Å². The molecule has 0 aliphatic carbocycles. The maximum Gasteiger partial charge on any atom is 0.0462 e. The molecular formula is C54H40N2. The van der Waals surface area contributed by atoms with Crippen molar-refractivity contribution in [1.29, 1.82) is 0 Å². The smallest absolute Gasteiger partial charge is 0.0462 e. The monoisotopic (exact) mass is 716 g/mol. The van der Waals surface area contributed by atoms with Gasteiger partial charge in [-0.15, -0.1) is 0 Å². The van der Waals surface area contributed by atoms with E-state index >= 15 is 0 Å². The van der Waals surface area contributed by atoms with Gasteiger partial charge >= 0.3 is 0 Å². The molecule has 0 N–H and O–H groups in total. The third-order valence-electron chi connectivity index (χ3n) is 10.3. The number of anilines is 6. The van der Waals surface area contributed by atoms with Crippen LogP contribution in [0.2, 0.25) is 0 Å². The zero-order valence-corrected chi connectivity index (χ0v) is 31.0. The number of hydrogen-bond acceptors (Lipinski definition) is 2. The highest BCUT2D eigenvalue weighted by Gasteiger charge is 2.14. The molecule has 0 atom stereocenters. The summed E-state index contributed by atoms with van der Waals surface area (Å²) in [7, 11) is 0. The summed E-state index contributed by atoms with van der Waals surface area (Å²) >= 11 is 0. The van der Waals surface area contributed by atoms with Crippen LogP contribution in [0.15, 0.2) is 243 Å². The van der Waals surface area contributed by atoms with Crippen molar-refractivity contribution in [3.63, 3.8) is 0 Å². The first-order valence-corrected chi connectivity index (χ1v) is 19.1. The fraction of sp³-hybridized carbons (Fsp3) is 0. The Balaban J connectivity index is 0.878. The number of rotatable bonds is 10. The molecule has 0 saturated carbocycles. The molecule has 0 amide bonds. The Morgan fingerprint density at radius 2 is 0.286 bits per heavy atom. The molecule has 0 saturated heterocycles. The summed E-state index contributed by atoms with van der Waals surface area (Å²) < 4.78 is 0. The van der Waals surface area contributed by atoms with Gasteiger partial charge in [0.05, 0.1) is 0 Å². The second kappa shape index (κ2) is 15.9. The van der Waals surface area contributed by atoms with Gasteiger partial charge in [0.25, 0.3) is 0 Å². The summed E-state index contributed by atoms with van der Waals surface area (Å²) in [5.74, 6) is 0. The highest BCUT2D eigenvalue weighted by atomic mass is 15.1. The minimum Gasteiger partial charge on any atom is -0.311 e. The highest BCUT2D eigenvalue weighted by Crippen LogP contribution is 2.37. The van der Waals surface area contributed by atoms with E-state index in [1.165, 1.54) is 44.5 Å². The predicted octanol–water partition coefficient (Wildman–Crippen LogP) is 15.3. The lowest BCUT2D eigenvalue weighted by atomic mass is 9.97.